The summed E-state index contributed by atoms with van der Waals surface area (Å²) < 4.78 is 33.7. The fourth-order valence-corrected chi connectivity index (χ4v) is 14.9. The Bertz CT molecular complexity index is 6030. The molecule has 2 saturated heterocycles. The van der Waals surface area contributed by atoms with Gasteiger partial charge in [-0.15, -0.1) is 10.4 Å². The number of piperidine rings is 2. The molecule has 728 valence electrons. The molecule has 0 unspecified atom stereocenters. The second kappa shape index (κ2) is 64.3. The topological polar surface area (TPSA) is 497 Å². The Morgan fingerprint density at radius 1 is 0.555 bits per heavy atom. The molecular weight excluding hydrogens is 2320 g/mol. The fourth-order valence-electron chi connectivity index (χ4n) is 12.4. The van der Waals surface area contributed by atoms with Crippen LogP contribution in [-0.2, 0) is 52.4 Å². The number of esters is 6. The molecule has 0 atom stereocenters. The number of nitrogens with one attached hydrogen (secondary N) is 3. The molecule has 2 aliphatic rings. The van der Waals surface area contributed by atoms with Crippen molar-refractivity contribution in [3.05, 3.63) is 251 Å². The van der Waals surface area contributed by atoms with Gasteiger partial charge in [0.1, 0.15) is 18.6 Å². The van der Waals surface area contributed by atoms with Gasteiger partial charge in [-0.25, -0.2) is 19.2 Å². The summed E-state index contributed by atoms with van der Waals surface area (Å²) >= 11 is 32.0. The number of aromatic nitrogens is 8. The van der Waals surface area contributed by atoms with Crippen molar-refractivity contribution in [2.45, 2.75) is 135 Å². The Balaban J connectivity index is 0. The number of nitrogen functional groups attached to an aromatic ring is 1. The average molecular weight is 2420 g/mol. The van der Waals surface area contributed by atoms with Crippen LogP contribution in [0.2, 0.25) is 15.1 Å². The van der Waals surface area contributed by atoms with E-state index in [0.29, 0.717) is 94.8 Å². The average Bonchev–Trinajstić information content (AvgIpc) is 1.61. The van der Waals surface area contributed by atoms with Crippen molar-refractivity contribution in [3.8, 4) is 0 Å². The first-order chi connectivity index (χ1) is 62.3. The number of aliphatic carboxylic acids is 1. The van der Waals surface area contributed by atoms with Gasteiger partial charge in [-0.1, -0.05) is 104 Å². The number of nitrogens with zero attached hydrogens (tertiary/aromatic N) is 8. The molecule has 8 aromatic carbocycles. The minimum Gasteiger partial charge on any atom is -0.870 e. The molecule has 44 heteroatoms. The summed E-state index contributed by atoms with van der Waals surface area (Å²) in [6, 6.07) is 42.6. The number of halogens is 8. The summed E-state index contributed by atoms with van der Waals surface area (Å²) in [7, 11) is 5.38. The van der Waals surface area contributed by atoms with Crippen molar-refractivity contribution in [3.63, 3.8) is 0 Å². The van der Waals surface area contributed by atoms with Crippen LogP contribution in [0.1, 0.15) is 189 Å². The van der Waals surface area contributed by atoms with Crippen LogP contribution < -0.4 is 64.4 Å². The van der Waals surface area contributed by atoms with Crippen molar-refractivity contribution >= 4 is 249 Å². The van der Waals surface area contributed by atoms with Crippen LogP contribution in [0.25, 0.3) is 43.6 Å². The Kier molecular flexibility index (Phi) is 61.0. The number of hydrogen-bond donors (Lipinski definition) is 5. The number of hydrogen-bond acceptors (Lipinski definition) is 29. The normalized spacial score (nSPS) is 11.5. The molecule has 2 fully saturated rings. The first kappa shape index (κ1) is 130. The minimum atomic E-state index is -0.833. The quantitative estimate of drug-likeness (QED) is 0.0124. The molecule has 4 aromatic heterocycles. The number of methoxy groups -OCH3 is 4. The van der Waals surface area contributed by atoms with Gasteiger partial charge in [-0.3, -0.25) is 39.0 Å². The Labute approximate surface area is 898 Å². The fraction of sp³-hybridized carbons (Fsp3) is 0.323. The maximum atomic E-state index is 13.5. The van der Waals surface area contributed by atoms with Crippen molar-refractivity contribution in [1.29, 1.82) is 0 Å². The largest absolute Gasteiger partial charge is 1.00 e. The summed E-state index contributed by atoms with van der Waals surface area (Å²) in [6.45, 7) is 25.0. The summed E-state index contributed by atoms with van der Waals surface area (Å²) in [4.78, 5) is 142. The zero-order valence-corrected chi connectivity index (χ0v) is 90.6. The summed E-state index contributed by atoms with van der Waals surface area (Å²) in [6.07, 6.45) is 5.15. The molecule has 12 aromatic rings. The Morgan fingerprint density at radius 2 is 0.942 bits per heavy atom. The smallest absolute Gasteiger partial charge is 0.870 e. The number of carboxylic acids is 1. The molecule has 34 nitrogen and oxygen atoms in total. The molecule has 137 heavy (non-hydrogen) atoms. The number of ether oxygens (including phenoxy) is 6. The van der Waals surface area contributed by atoms with E-state index in [1.807, 2.05) is 118 Å². The van der Waals surface area contributed by atoms with Crippen molar-refractivity contribution in [2.75, 3.05) is 65.3 Å². The number of nitrogens with two attached hydrogens (primary N) is 1. The van der Waals surface area contributed by atoms with E-state index in [-0.39, 0.29) is 134 Å². The van der Waals surface area contributed by atoms with Gasteiger partial charge >= 0.3 is 90.4 Å². The minimum absolute atomic E-state index is 0. The number of benzene rings is 8. The van der Waals surface area contributed by atoms with Crippen molar-refractivity contribution < 1.29 is 145 Å². The van der Waals surface area contributed by atoms with Gasteiger partial charge in [0.25, 0.3) is 23.0 Å². The monoisotopic (exact) mass is 2420 g/mol. The van der Waals surface area contributed by atoms with Crippen LogP contribution in [0, 0.1) is 64.0 Å². The van der Waals surface area contributed by atoms with Crippen molar-refractivity contribution in [1.82, 2.24) is 45.3 Å². The van der Waals surface area contributed by atoms with Crippen molar-refractivity contribution in [2.24, 2.45) is 17.2 Å². The predicted molar refractivity (Wildman–Crippen MR) is 554 cm³/mol. The van der Waals surface area contributed by atoms with E-state index in [9.17, 15) is 43.2 Å². The van der Waals surface area contributed by atoms with E-state index in [0.717, 1.165) is 114 Å². The second-order valence-corrected chi connectivity index (χ2v) is 34.0. The van der Waals surface area contributed by atoms with Gasteiger partial charge in [0.15, 0.2) is 5.82 Å². The van der Waals surface area contributed by atoms with Gasteiger partial charge in [0.05, 0.1) is 123 Å². The number of H-pyrrole nitrogens is 2. The number of carboxylic acid groups (broad SMARTS) is 1. The molecule has 2 aliphatic heterocycles. The number of aromatic amines is 2. The zero-order chi connectivity index (χ0) is 99.2. The number of carbonyl (C=O) groups excluding carboxylic acids is 11. The van der Waals surface area contributed by atoms with Crippen LogP contribution in [0.5, 0.6) is 0 Å². The first-order valence-electron chi connectivity index (χ1n) is 39.5. The maximum absolute atomic E-state index is 13.5. The van der Waals surface area contributed by atoms with E-state index in [1.54, 1.807) is 110 Å². The number of carbonyl (C=O) groups is 10. The van der Waals surface area contributed by atoms with E-state index >= 15 is 0 Å². The second-order valence-electron chi connectivity index (χ2n) is 30.4. The third kappa shape index (κ3) is 40.6. The molecular formula is C93H106Cl4I4LiN12NaO22. The molecule has 0 saturated carbocycles. The van der Waals surface area contributed by atoms with Gasteiger partial charge in [0.2, 0.25) is 0 Å². The SMILES string of the molecule is C.C.CC(=O)O.CC(C)(C)OC(=O)C1CCNCC1.COC(=O)c1ccc(C)c(N)c1.COC(=O)c1ccc2c(I)[nH]nc2c1.COC(=O)c1ccc2c(I)nn(C(=O)c3c(C)cccc3Cl)c2c1.COC(=O)c1ccc2cn[nH]c2c1.Cc1ccc2c(N3CCC(C(=O)OC(C)(C)C)CC3)nn(C(=O)c3c(C)cccc3Cl)c2c1.Cc1cccc(Cl)c1C(=O)Cl.II.O=C=O.O=N[O-].[Li+].[Na+].[OH-]. The zero-order valence-electron chi connectivity index (χ0n) is 77.0. The molecule has 0 aliphatic carbocycles. The van der Waals surface area contributed by atoms with Gasteiger partial charge < -0.3 is 65.1 Å². The standard InChI is InChI=1S/C26H30ClN3O3.C17H12ClIN2O3.C10H19NO2.C9H7IN2O2.C9H8N2O2.C9H11NO2.C8H6Cl2O.C2H4O2.CO2.2CH4.I2.Li.HNO2.Na.H2O/c1-16-9-10-19-21(15-16)30(24(31)22-17(2)7-6-8-20(22)27)28-23(19)29-13-11-18(12-14-29)25(32)33-26(3,4)5;1-9-4-3-5-12(18)14(9)16(22)21-13-8-10(17(23)24-2)6-7-11(13)15(19)20-21;1-10(2,3)13-9(12)8-4-6-11-7-5-8;1-14-9(13)5-2-3-6-7(4-5)11-12-8(6)10;1-13-9(12)6-2-3-7-5-10-11-8(7)4-6;1-6-3-4-7(5-8(6)10)9(11)12-2;1-5-3-2-4-6(9)7(5)8(10)11;1-2(3)4;2-1-3;;;1-2;;2-1-3;;/h6-10,15,18H,11-14H2,1-5H3;3-8H,1-2H3;8,11H,4-7H2,1-3H3;2-4H,1H3,(H,11,12);2-5H,1H3,(H,10,11);3-5H,10H2,1-2H3;2-4H,1H3;1H3,(H,3,4);;2*1H4;;;(H,2,3);;1H2/q;;;;;;;;;;;;+1;;+1;/p-2. The summed E-state index contributed by atoms with van der Waals surface area (Å²) in [5.74, 6) is -2.36. The van der Waals surface area contributed by atoms with Crippen LogP contribution in [-0.4, -0.2) is 181 Å². The number of rotatable bonds is 10. The van der Waals surface area contributed by atoms with Crippen LogP contribution in [0.15, 0.2) is 157 Å². The first-order valence-corrected chi connectivity index (χ1v) is 49.5. The van der Waals surface area contributed by atoms with Crippen LogP contribution in [0.3, 0.4) is 0 Å². The van der Waals surface area contributed by atoms with E-state index in [2.05, 4.69) is 132 Å². The maximum Gasteiger partial charge on any atom is 1.00 e. The number of aryl methyl sites for hydroxylation is 5. The van der Waals surface area contributed by atoms with Crippen LogP contribution in [0.4, 0.5) is 11.5 Å². The van der Waals surface area contributed by atoms with Gasteiger partial charge in [-0.2, -0.15) is 34.2 Å². The number of anilines is 2. The van der Waals surface area contributed by atoms with Gasteiger partial charge in [0, 0.05) is 84.5 Å². The molecule has 7 N–H and O–H groups in total. The molecule has 0 spiro atoms. The third-order valence-corrected chi connectivity index (χ3v) is 21.4. The van der Waals surface area contributed by atoms with E-state index < -0.39 is 22.8 Å². The molecule has 0 amide bonds. The Morgan fingerprint density at radius 3 is 1.36 bits per heavy atom. The van der Waals surface area contributed by atoms with E-state index in [1.165, 1.54) is 37.8 Å². The Hall–Kier alpha value is -9.08. The number of fused-ring (bicyclic) bond motifs is 4. The van der Waals surface area contributed by atoms with E-state index in [4.69, 9.17) is 101 Å². The molecule has 0 radical (unpaired) electrons. The molecule has 0 bridgehead atoms. The van der Waals surface area contributed by atoms with Crippen LogP contribution >= 0.6 is 129 Å². The summed E-state index contributed by atoms with van der Waals surface area (Å²) in [5, 5.41) is 46.6. The molecule has 6 heterocycles. The molecule has 14 rings (SSSR count). The van der Waals surface area contributed by atoms with Gasteiger partial charge in [-0.05, 0) is 291 Å². The summed E-state index contributed by atoms with van der Waals surface area (Å²) in [5.41, 5.74) is 15.8. The predicted octanol–water partition coefficient (Wildman–Crippen LogP) is 15.3. The third-order valence-electron chi connectivity index (χ3n) is 18.7.